The third-order valence-electron chi connectivity index (χ3n) is 12.8. The lowest BCUT2D eigenvalue weighted by atomic mass is 9.68. The van der Waals surface area contributed by atoms with Gasteiger partial charge in [0.05, 0.1) is 11.0 Å². The van der Waals surface area contributed by atoms with Gasteiger partial charge in [0, 0.05) is 16.8 Å². The molecule has 0 spiro atoms. The summed E-state index contributed by atoms with van der Waals surface area (Å²) >= 11 is 0. The van der Waals surface area contributed by atoms with Crippen LogP contribution in [0.4, 0.5) is 0 Å². The largest absolute Gasteiger partial charge is 0.509 e. The second-order valence-corrected chi connectivity index (χ2v) is 15.6. The van der Waals surface area contributed by atoms with Gasteiger partial charge < -0.3 is 10.2 Å². The number of aromatic hydroxyl groups is 2. The molecule has 0 aliphatic rings. The molecule has 0 atom stereocenters. The molecule has 266 valence electrons. The van der Waals surface area contributed by atoms with E-state index in [9.17, 15) is 10.2 Å². The highest BCUT2D eigenvalue weighted by Gasteiger charge is 2.25. The lowest BCUT2D eigenvalue weighted by Crippen LogP contribution is -2.44. The molecule has 1 heterocycles. The van der Waals surface area contributed by atoms with Crippen LogP contribution in [0.5, 0.6) is 11.5 Å². The SMILES string of the molecule is Bc1c(B)c(O)c(-c2cccc(-c3c4ccccc4c(-c4ccccc4-c4nc5ccccc5n4-c4c(B)c(B)c(O)c(B)c4B)c4ccccc34)c2)c(B)c1C. The topological polar surface area (TPSA) is 58.3 Å². The molecule has 0 aliphatic carbocycles. The van der Waals surface area contributed by atoms with Crippen LogP contribution in [0, 0.1) is 6.92 Å². The Bertz CT molecular complexity index is 3040. The highest BCUT2D eigenvalue weighted by atomic mass is 16.3. The van der Waals surface area contributed by atoms with Gasteiger partial charge in [0.15, 0.2) is 0 Å². The maximum absolute atomic E-state index is 11.5. The van der Waals surface area contributed by atoms with E-state index in [4.69, 9.17) is 4.98 Å². The minimum Gasteiger partial charge on any atom is -0.509 e. The number of phenolic OH excluding ortho intramolecular Hbond substituents is 2. The number of hydrogen-bond acceptors (Lipinski definition) is 3. The number of phenols is 2. The number of aromatic nitrogens is 2. The van der Waals surface area contributed by atoms with Gasteiger partial charge in [-0.15, -0.1) is 0 Å². The molecule has 1 aromatic heterocycles. The van der Waals surface area contributed by atoms with Gasteiger partial charge in [-0.1, -0.05) is 147 Å². The first-order valence-electron chi connectivity index (χ1n) is 19.7. The van der Waals surface area contributed by atoms with Crippen molar-refractivity contribution in [2.24, 2.45) is 0 Å². The summed E-state index contributed by atoms with van der Waals surface area (Å²) < 4.78 is 2.30. The van der Waals surface area contributed by atoms with Crippen LogP contribution in [0.1, 0.15) is 5.56 Å². The zero-order valence-corrected chi connectivity index (χ0v) is 33.8. The number of hydrogen-bond donors (Lipinski definition) is 2. The average Bonchev–Trinajstić information content (AvgIpc) is 3.62. The van der Waals surface area contributed by atoms with Gasteiger partial charge in [-0.25, -0.2) is 4.98 Å². The molecule has 2 N–H and O–H groups in total. The molecule has 8 aromatic carbocycles. The molecular formula is C46H39B7N2O2. The van der Waals surface area contributed by atoms with Gasteiger partial charge in [-0.05, 0) is 74.5 Å². The number of para-hydroxylation sites is 2. The average molecular weight is 728 g/mol. The molecule has 0 radical (unpaired) electrons. The van der Waals surface area contributed by atoms with Crippen molar-refractivity contribution in [2.75, 3.05) is 0 Å². The minimum absolute atomic E-state index is 0.347. The van der Waals surface area contributed by atoms with E-state index in [0.29, 0.717) is 11.5 Å². The molecule has 0 amide bonds. The van der Waals surface area contributed by atoms with E-state index in [1.54, 1.807) is 0 Å². The predicted molar refractivity (Wildman–Crippen MR) is 263 cm³/mol. The second-order valence-electron chi connectivity index (χ2n) is 15.6. The maximum Gasteiger partial charge on any atom is 0.146 e. The van der Waals surface area contributed by atoms with E-state index in [1.165, 1.54) is 5.56 Å². The van der Waals surface area contributed by atoms with Crippen LogP contribution in [0.25, 0.3) is 83.0 Å². The molecule has 0 aliphatic heterocycles. The molecule has 0 saturated heterocycles. The fraction of sp³-hybridized carbons (Fsp3) is 0.0217. The summed E-state index contributed by atoms with van der Waals surface area (Å²) in [6, 6.07) is 43.1. The first-order valence-corrected chi connectivity index (χ1v) is 19.7. The Morgan fingerprint density at radius 3 is 1.56 bits per heavy atom. The summed E-state index contributed by atoms with van der Waals surface area (Å²) in [5, 5.41) is 27.2. The molecule has 0 fully saturated rings. The van der Waals surface area contributed by atoms with Crippen molar-refractivity contribution < 1.29 is 10.2 Å². The smallest absolute Gasteiger partial charge is 0.146 e. The van der Waals surface area contributed by atoms with Gasteiger partial charge in [0.25, 0.3) is 0 Å². The highest BCUT2D eigenvalue weighted by molar-refractivity contribution is 6.60. The van der Waals surface area contributed by atoms with E-state index in [-0.39, 0.29) is 0 Å². The van der Waals surface area contributed by atoms with Crippen LogP contribution >= 0.6 is 0 Å². The summed E-state index contributed by atoms with van der Waals surface area (Å²) in [6.07, 6.45) is 0. The Labute approximate surface area is 339 Å². The van der Waals surface area contributed by atoms with Crippen LogP contribution in [-0.2, 0) is 0 Å². The molecule has 4 nitrogen and oxygen atoms in total. The monoisotopic (exact) mass is 728 g/mol. The summed E-state index contributed by atoms with van der Waals surface area (Å²) in [7, 11) is 14.4. The molecule has 11 heteroatoms. The quantitative estimate of drug-likeness (QED) is 0.187. The number of imidazole rings is 1. The summed E-state index contributed by atoms with van der Waals surface area (Å²) in [5.41, 5.74) is 18.6. The molecule has 57 heavy (non-hydrogen) atoms. The van der Waals surface area contributed by atoms with Gasteiger partial charge in [-0.2, -0.15) is 0 Å². The summed E-state index contributed by atoms with van der Waals surface area (Å²) in [4.78, 5) is 5.39. The van der Waals surface area contributed by atoms with E-state index >= 15 is 0 Å². The van der Waals surface area contributed by atoms with Gasteiger partial charge in [0.2, 0.25) is 0 Å². The Morgan fingerprint density at radius 1 is 0.456 bits per heavy atom. The van der Waals surface area contributed by atoms with Crippen molar-refractivity contribution in [1.82, 2.24) is 9.55 Å². The lowest BCUT2D eigenvalue weighted by molar-refractivity contribution is 0.482. The number of nitrogens with zero attached hydrogens (tertiary/aromatic N) is 2. The number of rotatable bonds is 5. The van der Waals surface area contributed by atoms with Crippen molar-refractivity contribution in [3.8, 4) is 62.0 Å². The Hall–Kier alpha value is -6.20. The normalized spacial score (nSPS) is 11.5. The van der Waals surface area contributed by atoms with Crippen molar-refractivity contribution in [2.45, 2.75) is 6.92 Å². The molecule has 9 rings (SSSR count). The summed E-state index contributed by atoms with van der Waals surface area (Å²) in [6.45, 7) is 2.15. The molecule has 0 bridgehead atoms. The first-order chi connectivity index (χ1) is 27.5. The zero-order valence-electron chi connectivity index (χ0n) is 33.8. The Kier molecular flexibility index (Phi) is 8.81. The predicted octanol–water partition coefficient (Wildman–Crippen LogP) is -0.472. The van der Waals surface area contributed by atoms with E-state index in [0.717, 1.165) is 121 Å². The Morgan fingerprint density at radius 2 is 0.947 bits per heavy atom. The van der Waals surface area contributed by atoms with E-state index in [2.05, 4.69) is 158 Å². The Balaban J connectivity index is 1.34. The van der Waals surface area contributed by atoms with Crippen molar-refractivity contribution in [3.63, 3.8) is 0 Å². The van der Waals surface area contributed by atoms with Crippen molar-refractivity contribution >= 4 is 126 Å². The van der Waals surface area contributed by atoms with Gasteiger partial charge >= 0.3 is 0 Å². The highest BCUT2D eigenvalue weighted by Crippen LogP contribution is 2.47. The third-order valence-corrected chi connectivity index (χ3v) is 12.8. The van der Waals surface area contributed by atoms with E-state index < -0.39 is 0 Å². The van der Waals surface area contributed by atoms with Crippen LogP contribution in [0.2, 0.25) is 0 Å². The minimum atomic E-state index is 0.347. The zero-order chi connectivity index (χ0) is 39.9. The molecule has 0 saturated carbocycles. The van der Waals surface area contributed by atoms with Crippen LogP contribution < -0.4 is 38.2 Å². The second kappa shape index (κ2) is 13.8. The van der Waals surface area contributed by atoms with Crippen LogP contribution in [0.15, 0.2) is 121 Å². The maximum atomic E-state index is 11.5. The number of benzene rings is 8. The summed E-state index contributed by atoms with van der Waals surface area (Å²) in [5.74, 6) is 1.55. The standard InChI is InChI=1S/C46H39B7N2O2/c1-22-36(47)34(44(56)40(51)37(22)48)24-12-10-11-23(21-24)33-25-13-2-4-15-27(25)35(28-16-5-3-14-26(28)33)29-17-6-7-18-30(29)46-54-31-19-8-9-20-32(31)55(46)43-38(49)41(52)45(57)42(53)39(43)50/h2-21,56-57H,47-53H2,1H3. The number of fused-ring (bicyclic) bond motifs is 3. The van der Waals surface area contributed by atoms with Gasteiger partial charge in [0.1, 0.15) is 72.2 Å². The fourth-order valence-corrected chi connectivity index (χ4v) is 9.14. The van der Waals surface area contributed by atoms with Crippen LogP contribution in [-0.4, -0.2) is 74.7 Å². The van der Waals surface area contributed by atoms with Gasteiger partial charge in [-0.3, -0.25) is 4.57 Å². The first kappa shape index (κ1) is 36.4. The van der Waals surface area contributed by atoms with Crippen LogP contribution in [0.3, 0.4) is 0 Å². The van der Waals surface area contributed by atoms with Crippen molar-refractivity contribution in [3.05, 3.63) is 127 Å². The van der Waals surface area contributed by atoms with Crippen molar-refractivity contribution in [1.29, 1.82) is 0 Å². The third kappa shape index (κ3) is 5.50. The van der Waals surface area contributed by atoms with E-state index in [1.807, 2.05) is 29.6 Å². The molecule has 9 aromatic rings. The molecular weight excluding hydrogens is 688 g/mol. The fourth-order valence-electron chi connectivity index (χ4n) is 9.14. The lowest BCUT2D eigenvalue weighted by Gasteiger charge is -2.23. The molecule has 0 unspecified atom stereocenters.